The predicted molar refractivity (Wildman–Crippen MR) is 104 cm³/mol. The second-order valence-electron chi connectivity index (χ2n) is 7.24. The minimum atomic E-state index is -0.220. The lowest BCUT2D eigenvalue weighted by atomic mass is 10.2. The molecule has 1 aliphatic carbocycles. The van der Waals surface area contributed by atoms with Gasteiger partial charge >= 0.3 is 6.03 Å². The molecule has 0 unspecified atom stereocenters. The summed E-state index contributed by atoms with van der Waals surface area (Å²) >= 11 is 0. The lowest BCUT2D eigenvalue weighted by Crippen LogP contribution is -2.48. The van der Waals surface area contributed by atoms with Crippen LogP contribution in [0.15, 0.2) is 24.4 Å². The smallest absolute Gasteiger partial charge is 0.320 e. The van der Waals surface area contributed by atoms with Crippen molar-refractivity contribution in [1.82, 2.24) is 20.2 Å². The zero-order valence-electron chi connectivity index (χ0n) is 15.4. The van der Waals surface area contributed by atoms with E-state index in [1.165, 1.54) is 12.8 Å². The molecule has 1 aliphatic heterocycles. The first-order valence-corrected chi connectivity index (χ1v) is 9.42. The van der Waals surface area contributed by atoms with Crippen molar-refractivity contribution in [2.45, 2.75) is 31.7 Å². The molecule has 3 amide bonds. The van der Waals surface area contributed by atoms with Crippen molar-refractivity contribution in [3.63, 3.8) is 0 Å². The van der Waals surface area contributed by atoms with Crippen LogP contribution in [0.1, 0.15) is 25.7 Å². The maximum atomic E-state index is 12.2. The molecule has 3 heterocycles. The Kier molecular flexibility index (Phi) is 4.79. The van der Waals surface area contributed by atoms with Crippen molar-refractivity contribution in [2.24, 2.45) is 0 Å². The Balaban J connectivity index is 1.49. The number of nitrogens with zero attached hydrogens (tertiary/aromatic N) is 4. The number of hydrogen-bond donors (Lipinski definition) is 2. The fourth-order valence-corrected chi connectivity index (χ4v) is 3.63. The summed E-state index contributed by atoms with van der Waals surface area (Å²) in [6, 6.07) is 5.55. The third-order valence-corrected chi connectivity index (χ3v) is 5.28. The number of likely N-dealkylation sites (N-methyl/N-ethyl adjacent to an activating group) is 1. The van der Waals surface area contributed by atoms with Gasteiger partial charge in [-0.3, -0.25) is 15.1 Å². The molecule has 4 rings (SSSR count). The van der Waals surface area contributed by atoms with E-state index in [1.807, 2.05) is 24.1 Å². The van der Waals surface area contributed by atoms with Crippen LogP contribution >= 0.6 is 0 Å². The number of nitrogens with one attached hydrogen (secondary N) is 2. The highest BCUT2D eigenvalue weighted by molar-refractivity contribution is 5.90. The standard InChI is InChI=1S/C19H24N6O2/c1-24-8-9-25(12-18(24)26)14-10-16-15(20-11-14)6-7-17(22-16)23-19(27)21-13-4-2-3-5-13/h6-7,10-11,13H,2-5,8-9,12H2,1H3,(H2,21,22,23,27). The molecule has 0 atom stereocenters. The summed E-state index contributed by atoms with van der Waals surface area (Å²) in [7, 11) is 1.81. The number of anilines is 2. The Labute approximate surface area is 157 Å². The molecule has 0 aromatic carbocycles. The Morgan fingerprint density at radius 3 is 2.78 bits per heavy atom. The van der Waals surface area contributed by atoms with Gasteiger partial charge in [0.2, 0.25) is 5.91 Å². The molecule has 2 aliphatic rings. The van der Waals surface area contributed by atoms with E-state index >= 15 is 0 Å². The molecule has 0 bridgehead atoms. The minimum Gasteiger partial charge on any atom is -0.359 e. The first-order valence-electron chi connectivity index (χ1n) is 9.42. The van der Waals surface area contributed by atoms with Gasteiger partial charge in [-0.05, 0) is 31.0 Å². The minimum absolute atomic E-state index is 0.0910. The van der Waals surface area contributed by atoms with Crippen LogP contribution in [-0.2, 0) is 4.79 Å². The van der Waals surface area contributed by atoms with E-state index in [2.05, 4.69) is 20.6 Å². The molecule has 2 fully saturated rings. The first kappa shape index (κ1) is 17.5. The average Bonchev–Trinajstić information content (AvgIpc) is 3.16. The number of urea groups is 1. The van der Waals surface area contributed by atoms with Crippen LogP contribution in [0.4, 0.5) is 16.3 Å². The van der Waals surface area contributed by atoms with E-state index < -0.39 is 0 Å². The Hall–Kier alpha value is -2.90. The highest BCUT2D eigenvalue weighted by atomic mass is 16.2. The lowest BCUT2D eigenvalue weighted by molar-refractivity contribution is -0.129. The van der Waals surface area contributed by atoms with Crippen LogP contribution in [0.5, 0.6) is 0 Å². The second-order valence-corrected chi connectivity index (χ2v) is 7.24. The zero-order valence-corrected chi connectivity index (χ0v) is 15.4. The van der Waals surface area contributed by atoms with Gasteiger partial charge in [0.25, 0.3) is 0 Å². The molecule has 2 N–H and O–H groups in total. The number of carbonyl (C=O) groups is 2. The third kappa shape index (κ3) is 3.94. The van der Waals surface area contributed by atoms with Gasteiger partial charge in [0.1, 0.15) is 5.82 Å². The van der Waals surface area contributed by atoms with Crippen molar-refractivity contribution in [1.29, 1.82) is 0 Å². The Bertz CT molecular complexity index is 864. The van der Waals surface area contributed by atoms with Crippen LogP contribution in [0, 0.1) is 0 Å². The van der Waals surface area contributed by atoms with Crippen molar-refractivity contribution in [3.05, 3.63) is 24.4 Å². The molecule has 2 aromatic heterocycles. The monoisotopic (exact) mass is 368 g/mol. The molecule has 0 radical (unpaired) electrons. The summed E-state index contributed by atoms with van der Waals surface area (Å²) < 4.78 is 0. The van der Waals surface area contributed by atoms with E-state index in [0.29, 0.717) is 24.4 Å². The number of pyridine rings is 2. The Morgan fingerprint density at radius 2 is 2.00 bits per heavy atom. The lowest BCUT2D eigenvalue weighted by Gasteiger charge is -2.33. The summed E-state index contributed by atoms with van der Waals surface area (Å²) in [6.07, 6.45) is 6.18. The maximum Gasteiger partial charge on any atom is 0.320 e. The molecule has 1 saturated carbocycles. The van der Waals surface area contributed by atoms with Crippen molar-refractivity contribution in [3.8, 4) is 0 Å². The summed E-state index contributed by atoms with van der Waals surface area (Å²) in [5.41, 5.74) is 2.31. The molecule has 0 spiro atoms. The fourth-order valence-electron chi connectivity index (χ4n) is 3.63. The second kappa shape index (κ2) is 7.38. The van der Waals surface area contributed by atoms with Crippen LogP contribution in [-0.4, -0.2) is 59.5 Å². The van der Waals surface area contributed by atoms with Gasteiger partial charge < -0.3 is 15.1 Å². The predicted octanol–water partition coefficient (Wildman–Crippen LogP) is 1.97. The first-order chi connectivity index (χ1) is 13.1. The topological polar surface area (TPSA) is 90.5 Å². The van der Waals surface area contributed by atoms with Crippen molar-refractivity contribution >= 4 is 34.5 Å². The summed E-state index contributed by atoms with van der Waals surface area (Å²) in [4.78, 5) is 36.8. The van der Waals surface area contributed by atoms with Crippen LogP contribution < -0.4 is 15.5 Å². The number of rotatable bonds is 3. The van der Waals surface area contributed by atoms with Crippen molar-refractivity contribution in [2.75, 3.05) is 36.9 Å². The number of carbonyl (C=O) groups excluding carboxylic acids is 2. The largest absolute Gasteiger partial charge is 0.359 e. The van der Waals surface area contributed by atoms with Gasteiger partial charge in [-0.25, -0.2) is 9.78 Å². The normalized spacial score (nSPS) is 18.2. The van der Waals surface area contributed by atoms with E-state index in [1.54, 1.807) is 17.2 Å². The van der Waals surface area contributed by atoms with Crippen LogP contribution in [0.3, 0.4) is 0 Å². The number of fused-ring (bicyclic) bond motifs is 1. The van der Waals surface area contributed by atoms with E-state index in [9.17, 15) is 9.59 Å². The van der Waals surface area contributed by atoms with Crippen molar-refractivity contribution < 1.29 is 9.59 Å². The van der Waals surface area contributed by atoms with E-state index in [4.69, 9.17) is 0 Å². The maximum absolute atomic E-state index is 12.2. The SMILES string of the molecule is CN1CCN(c2cnc3ccc(NC(=O)NC4CCCC4)nc3c2)CC1=O. The average molecular weight is 368 g/mol. The molecule has 1 saturated heterocycles. The molecule has 8 heteroatoms. The van der Waals surface area contributed by atoms with Crippen LogP contribution in [0.2, 0.25) is 0 Å². The summed E-state index contributed by atoms with van der Waals surface area (Å²) in [5, 5.41) is 5.80. The number of hydrogen-bond acceptors (Lipinski definition) is 5. The van der Waals surface area contributed by atoms with Gasteiger partial charge in [-0.15, -0.1) is 0 Å². The fraction of sp³-hybridized carbons (Fsp3) is 0.474. The molecule has 27 heavy (non-hydrogen) atoms. The van der Waals surface area contributed by atoms with E-state index in [0.717, 1.165) is 30.6 Å². The van der Waals surface area contributed by atoms with Gasteiger partial charge in [0.15, 0.2) is 0 Å². The zero-order chi connectivity index (χ0) is 18.8. The number of piperazine rings is 1. The molecular formula is C19H24N6O2. The summed E-state index contributed by atoms with van der Waals surface area (Å²) in [5.74, 6) is 0.583. The van der Waals surface area contributed by atoms with Gasteiger partial charge in [0, 0.05) is 26.2 Å². The van der Waals surface area contributed by atoms with E-state index in [-0.39, 0.29) is 18.0 Å². The molecule has 8 nitrogen and oxygen atoms in total. The molecule has 2 aromatic rings. The number of aromatic nitrogens is 2. The van der Waals surface area contributed by atoms with Gasteiger partial charge in [-0.2, -0.15) is 0 Å². The summed E-state index contributed by atoms with van der Waals surface area (Å²) in [6.45, 7) is 1.79. The van der Waals surface area contributed by atoms with Gasteiger partial charge in [-0.1, -0.05) is 12.8 Å². The highest BCUT2D eigenvalue weighted by Crippen LogP contribution is 2.22. The highest BCUT2D eigenvalue weighted by Gasteiger charge is 2.22. The van der Waals surface area contributed by atoms with Crippen LogP contribution in [0.25, 0.3) is 11.0 Å². The Morgan fingerprint density at radius 1 is 1.19 bits per heavy atom. The third-order valence-electron chi connectivity index (χ3n) is 5.28. The van der Waals surface area contributed by atoms with Gasteiger partial charge in [0.05, 0.1) is 29.5 Å². The quantitative estimate of drug-likeness (QED) is 0.864. The number of amides is 3. The molecular weight excluding hydrogens is 344 g/mol. The molecule has 142 valence electrons.